The van der Waals surface area contributed by atoms with Gasteiger partial charge in [-0.3, -0.25) is 24.0 Å². The van der Waals surface area contributed by atoms with Gasteiger partial charge in [0, 0.05) is 37.7 Å². The van der Waals surface area contributed by atoms with Gasteiger partial charge in [0.2, 0.25) is 23.6 Å². The van der Waals surface area contributed by atoms with Crippen molar-refractivity contribution in [1.29, 1.82) is 0 Å². The topological polar surface area (TPSA) is 251 Å². The molecule has 36 heavy (non-hydrogen) atoms. The number of imidazole rings is 1. The Bertz CT molecular complexity index is 967. The largest absolute Gasteiger partial charge is 0.481 e. The van der Waals surface area contributed by atoms with Gasteiger partial charge >= 0.3 is 11.9 Å². The van der Waals surface area contributed by atoms with Crippen molar-refractivity contribution in [2.45, 2.75) is 69.1 Å². The Balaban J connectivity index is 2.20. The zero-order chi connectivity index (χ0) is 26.8. The van der Waals surface area contributed by atoms with Crippen LogP contribution in [0.1, 0.15) is 44.2 Å². The van der Waals surface area contributed by atoms with Gasteiger partial charge in [-0.2, -0.15) is 0 Å². The summed E-state index contributed by atoms with van der Waals surface area (Å²) in [6, 6.07) is -4.80. The first kappa shape index (κ1) is 28.2. The maximum atomic E-state index is 13.2. The second kappa shape index (κ2) is 13.2. The molecule has 2 heterocycles. The molecular formula is C21H31N7O8. The van der Waals surface area contributed by atoms with Crippen LogP contribution >= 0.6 is 0 Å². The summed E-state index contributed by atoms with van der Waals surface area (Å²) in [6.45, 7) is 0.151. The Labute approximate surface area is 206 Å². The molecule has 0 aliphatic carbocycles. The number of aromatic amines is 1. The number of hydrogen-bond acceptors (Lipinski definition) is 8. The standard InChI is InChI=1S/C21H31N7O8/c22-12(3-5-16(23)29)18(32)27-14(8-11-9-24-10-25-11)19(33)26-13(4-6-17(30)31)20(34)28-7-1-2-15(28)21(35)36/h9-10,12-15H,1-8,22H2,(H2,23,29)(H,24,25)(H,26,33)(H,27,32)(H,30,31)(H,35,36). The number of carbonyl (C=O) groups is 6. The summed E-state index contributed by atoms with van der Waals surface area (Å²) in [5, 5.41) is 23.4. The number of nitrogens with two attached hydrogens (primary N) is 2. The van der Waals surface area contributed by atoms with Gasteiger partial charge in [-0.05, 0) is 25.7 Å². The first-order valence-corrected chi connectivity index (χ1v) is 11.4. The number of carboxylic acids is 2. The van der Waals surface area contributed by atoms with E-state index >= 15 is 0 Å². The first-order valence-electron chi connectivity index (χ1n) is 11.4. The highest BCUT2D eigenvalue weighted by molar-refractivity contribution is 5.94. The molecular weight excluding hydrogens is 478 g/mol. The highest BCUT2D eigenvalue weighted by Gasteiger charge is 2.38. The van der Waals surface area contributed by atoms with E-state index in [9.17, 15) is 33.9 Å². The molecule has 15 heteroatoms. The van der Waals surface area contributed by atoms with Crippen LogP contribution in [0.3, 0.4) is 0 Å². The number of carboxylic acid groups (broad SMARTS) is 2. The molecule has 0 spiro atoms. The van der Waals surface area contributed by atoms with E-state index in [0.29, 0.717) is 12.1 Å². The van der Waals surface area contributed by atoms with Crippen LogP contribution in [-0.2, 0) is 35.2 Å². The number of primary amides is 1. The fourth-order valence-corrected chi connectivity index (χ4v) is 3.82. The molecule has 0 saturated carbocycles. The Morgan fingerprint density at radius 1 is 1.08 bits per heavy atom. The lowest BCUT2D eigenvalue weighted by Gasteiger charge is -2.28. The molecule has 15 nitrogen and oxygen atoms in total. The Kier molecular flexibility index (Phi) is 10.3. The van der Waals surface area contributed by atoms with Crippen LogP contribution in [0.15, 0.2) is 12.5 Å². The third kappa shape index (κ3) is 8.33. The van der Waals surface area contributed by atoms with Gasteiger partial charge in [0.05, 0.1) is 12.4 Å². The zero-order valence-electron chi connectivity index (χ0n) is 19.5. The summed E-state index contributed by atoms with van der Waals surface area (Å²) in [4.78, 5) is 80.2. The second-order valence-electron chi connectivity index (χ2n) is 8.48. The third-order valence-corrected chi connectivity index (χ3v) is 5.73. The Morgan fingerprint density at radius 3 is 2.36 bits per heavy atom. The Morgan fingerprint density at radius 2 is 1.78 bits per heavy atom. The minimum Gasteiger partial charge on any atom is -0.481 e. The van der Waals surface area contributed by atoms with Crippen molar-refractivity contribution in [1.82, 2.24) is 25.5 Å². The number of nitrogens with one attached hydrogen (secondary N) is 3. The number of amides is 4. The van der Waals surface area contributed by atoms with Crippen LogP contribution in [-0.4, -0.2) is 91.4 Å². The fraction of sp³-hybridized carbons (Fsp3) is 0.571. The summed E-state index contributed by atoms with van der Waals surface area (Å²) in [5.41, 5.74) is 11.3. The number of H-pyrrole nitrogens is 1. The van der Waals surface area contributed by atoms with Crippen molar-refractivity contribution in [3.8, 4) is 0 Å². The smallest absolute Gasteiger partial charge is 0.326 e. The van der Waals surface area contributed by atoms with Gasteiger partial charge in [-0.15, -0.1) is 0 Å². The molecule has 0 aromatic carbocycles. The second-order valence-corrected chi connectivity index (χ2v) is 8.48. The van der Waals surface area contributed by atoms with Crippen molar-refractivity contribution in [2.75, 3.05) is 6.54 Å². The summed E-state index contributed by atoms with van der Waals surface area (Å²) >= 11 is 0. The Hall–Kier alpha value is -4.01. The van der Waals surface area contributed by atoms with Crippen LogP contribution in [0.25, 0.3) is 0 Å². The van der Waals surface area contributed by atoms with Crippen molar-refractivity contribution < 1.29 is 39.0 Å². The van der Waals surface area contributed by atoms with Crippen molar-refractivity contribution in [2.24, 2.45) is 11.5 Å². The van der Waals surface area contributed by atoms with Gasteiger partial charge in [0.25, 0.3) is 0 Å². The minimum absolute atomic E-state index is 0.0508. The van der Waals surface area contributed by atoms with Gasteiger partial charge in [-0.1, -0.05) is 0 Å². The molecule has 1 saturated heterocycles. The number of likely N-dealkylation sites (tertiary alicyclic amines) is 1. The molecule has 0 radical (unpaired) electrons. The van der Waals surface area contributed by atoms with Crippen LogP contribution in [0.4, 0.5) is 0 Å². The quantitative estimate of drug-likeness (QED) is 0.138. The maximum Gasteiger partial charge on any atom is 0.326 e. The van der Waals surface area contributed by atoms with Crippen LogP contribution in [0.2, 0.25) is 0 Å². The van der Waals surface area contributed by atoms with Crippen LogP contribution in [0.5, 0.6) is 0 Å². The summed E-state index contributed by atoms with van der Waals surface area (Å²) in [5.74, 6) is -5.32. The molecule has 4 atom stereocenters. The maximum absolute atomic E-state index is 13.2. The van der Waals surface area contributed by atoms with E-state index in [4.69, 9.17) is 16.6 Å². The third-order valence-electron chi connectivity index (χ3n) is 5.73. The predicted molar refractivity (Wildman–Crippen MR) is 122 cm³/mol. The molecule has 2 rings (SSSR count). The van der Waals surface area contributed by atoms with Gasteiger partial charge < -0.3 is 42.2 Å². The predicted octanol–water partition coefficient (Wildman–Crippen LogP) is -2.54. The lowest BCUT2D eigenvalue weighted by molar-refractivity contribution is -0.150. The van der Waals surface area contributed by atoms with Gasteiger partial charge in [0.15, 0.2) is 0 Å². The number of rotatable bonds is 14. The lowest BCUT2D eigenvalue weighted by atomic mass is 10.1. The normalized spacial score (nSPS) is 17.6. The molecule has 1 aromatic rings. The average molecular weight is 510 g/mol. The summed E-state index contributed by atoms with van der Waals surface area (Å²) in [6.07, 6.45) is 2.47. The van der Waals surface area contributed by atoms with Crippen LogP contribution < -0.4 is 22.1 Å². The summed E-state index contributed by atoms with van der Waals surface area (Å²) < 4.78 is 0. The molecule has 198 valence electrons. The number of hydrogen-bond donors (Lipinski definition) is 7. The monoisotopic (exact) mass is 509 g/mol. The van der Waals surface area contributed by atoms with E-state index in [1.807, 2.05) is 0 Å². The molecule has 1 fully saturated rings. The van der Waals surface area contributed by atoms with Gasteiger partial charge in [0.1, 0.15) is 18.1 Å². The number of aromatic nitrogens is 2. The average Bonchev–Trinajstić information content (AvgIpc) is 3.51. The van der Waals surface area contributed by atoms with E-state index < -0.39 is 66.2 Å². The van der Waals surface area contributed by atoms with E-state index in [1.165, 1.54) is 12.5 Å². The summed E-state index contributed by atoms with van der Waals surface area (Å²) in [7, 11) is 0. The molecule has 4 unspecified atom stereocenters. The highest BCUT2D eigenvalue weighted by Crippen LogP contribution is 2.20. The molecule has 1 aromatic heterocycles. The molecule has 4 amide bonds. The van der Waals surface area contributed by atoms with E-state index in [-0.39, 0.29) is 38.6 Å². The van der Waals surface area contributed by atoms with E-state index in [2.05, 4.69) is 20.6 Å². The van der Waals surface area contributed by atoms with E-state index in [0.717, 1.165) is 4.90 Å². The van der Waals surface area contributed by atoms with Crippen molar-refractivity contribution in [3.63, 3.8) is 0 Å². The number of aliphatic carboxylic acids is 2. The highest BCUT2D eigenvalue weighted by atomic mass is 16.4. The first-order chi connectivity index (χ1) is 17.0. The molecule has 1 aliphatic rings. The van der Waals surface area contributed by atoms with Crippen molar-refractivity contribution in [3.05, 3.63) is 18.2 Å². The van der Waals surface area contributed by atoms with Crippen molar-refractivity contribution >= 4 is 35.6 Å². The van der Waals surface area contributed by atoms with E-state index in [1.54, 1.807) is 0 Å². The fourth-order valence-electron chi connectivity index (χ4n) is 3.82. The molecule has 0 bridgehead atoms. The lowest BCUT2D eigenvalue weighted by Crippen LogP contribution is -2.57. The molecule has 1 aliphatic heterocycles. The minimum atomic E-state index is -1.33. The van der Waals surface area contributed by atoms with Crippen LogP contribution in [0, 0.1) is 0 Å². The zero-order valence-corrected chi connectivity index (χ0v) is 19.5. The van der Waals surface area contributed by atoms with Gasteiger partial charge in [-0.25, -0.2) is 9.78 Å². The number of nitrogens with zero attached hydrogens (tertiary/aromatic N) is 2. The molecule has 9 N–H and O–H groups in total. The SMILES string of the molecule is NC(=O)CCC(N)C(=O)NC(Cc1cnc[nH]1)C(=O)NC(CCC(=O)O)C(=O)N1CCCC1C(=O)O. The number of carbonyl (C=O) groups excluding carboxylic acids is 4.